The first kappa shape index (κ1) is 27.2. The van der Waals surface area contributed by atoms with Crippen LogP contribution in [0.15, 0.2) is 18.2 Å². The van der Waals surface area contributed by atoms with Crippen LogP contribution in [0, 0.1) is 5.92 Å². The highest BCUT2D eigenvalue weighted by Crippen LogP contribution is 2.31. The van der Waals surface area contributed by atoms with E-state index in [1.165, 1.54) is 0 Å². The van der Waals surface area contributed by atoms with Gasteiger partial charge in [-0.25, -0.2) is 0 Å². The van der Waals surface area contributed by atoms with Gasteiger partial charge in [-0.05, 0) is 43.9 Å². The van der Waals surface area contributed by atoms with Crippen LogP contribution in [-0.4, -0.2) is 89.9 Å². The molecule has 10 heteroatoms. The molecule has 2 saturated heterocycles. The number of carbonyl (C=O) groups excluding carboxylic acids is 3. The Kier molecular flexibility index (Phi) is 9.15. The molecule has 4 atom stereocenters. The van der Waals surface area contributed by atoms with Gasteiger partial charge in [0.1, 0.15) is 6.04 Å². The predicted molar refractivity (Wildman–Crippen MR) is 139 cm³/mol. The van der Waals surface area contributed by atoms with Crippen molar-refractivity contribution in [3.63, 3.8) is 0 Å². The highest BCUT2D eigenvalue weighted by atomic mass is 35.5. The minimum atomic E-state index is -0.668. The first-order chi connectivity index (χ1) is 17.3. The van der Waals surface area contributed by atoms with Crippen molar-refractivity contribution in [1.82, 2.24) is 14.7 Å². The van der Waals surface area contributed by atoms with Gasteiger partial charge in [-0.15, -0.1) is 0 Å². The second-order valence-electron chi connectivity index (χ2n) is 9.95. The number of esters is 1. The minimum absolute atomic E-state index is 0.0892. The van der Waals surface area contributed by atoms with Gasteiger partial charge in [0.15, 0.2) is 0 Å². The van der Waals surface area contributed by atoms with Crippen molar-refractivity contribution >= 4 is 41.0 Å². The van der Waals surface area contributed by atoms with Crippen LogP contribution in [-0.2, 0) is 25.5 Å². The van der Waals surface area contributed by atoms with Crippen LogP contribution in [0.25, 0.3) is 0 Å². The number of rotatable bonds is 7. The number of halogens is 2. The number of amides is 2. The predicted octanol–water partition coefficient (Wildman–Crippen LogP) is 2.73. The number of likely N-dealkylation sites (tertiary alicyclic amines) is 1. The van der Waals surface area contributed by atoms with Gasteiger partial charge in [0.2, 0.25) is 11.8 Å². The third kappa shape index (κ3) is 5.98. The smallest absolute Gasteiger partial charge is 0.310 e. The lowest BCUT2D eigenvalue weighted by Gasteiger charge is -2.44. The molecule has 2 aliphatic heterocycles. The first-order valence-corrected chi connectivity index (χ1v) is 13.7. The monoisotopic (exact) mass is 538 g/mol. The second kappa shape index (κ2) is 12.1. The molecule has 0 spiro atoms. The zero-order valence-corrected chi connectivity index (χ0v) is 22.3. The molecule has 0 radical (unpaired) electrons. The molecular formula is C26H36Cl2N4O4. The lowest BCUT2D eigenvalue weighted by molar-refractivity contribution is -0.153. The van der Waals surface area contributed by atoms with E-state index in [1.807, 2.05) is 17.9 Å². The molecule has 8 nitrogen and oxygen atoms in total. The molecule has 0 aromatic heterocycles. The van der Waals surface area contributed by atoms with Crippen LogP contribution in [0.4, 0.5) is 0 Å². The summed E-state index contributed by atoms with van der Waals surface area (Å²) in [6.07, 6.45) is 4.79. The van der Waals surface area contributed by atoms with Crippen molar-refractivity contribution in [2.45, 2.75) is 63.6 Å². The van der Waals surface area contributed by atoms with E-state index in [0.717, 1.165) is 31.2 Å². The largest absolute Gasteiger partial charge is 0.466 e. The lowest BCUT2D eigenvalue weighted by atomic mass is 9.83. The summed E-state index contributed by atoms with van der Waals surface area (Å²) in [7, 11) is 0. The molecule has 3 fully saturated rings. The quantitative estimate of drug-likeness (QED) is 0.536. The van der Waals surface area contributed by atoms with Gasteiger partial charge < -0.3 is 20.3 Å². The Balaban J connectivity index is 1.46. The van der Waals surface area contributed by atoms with Gasteiger partial charge in [-0.2, -0.15) is 0 Å². The molecule has 2 N–H and O–H groups in total. The number of benzene rings is 1. The zero-order chi connectivity index (χ0) is 25.8. The molecule has 4 rings (SSSR count). The summed E-state index contributed by atoms with van der Waals surface area (Å²) < 4.78 is 5.35. The fourth-order valence-corrected chi connectivity index (χ4v) is 6.30. The van der Waals surface area contributed by atoms with Gasteiger partial charge in [-0.1, -0.05) is 42.1 Å². The summed E-state index contributed by atoms with van der Waals surface area (Å²) in [4.78, 5) is 44.9. The molecule has 1 unspecified atom stereocenters. The molecule has 3 aliphatic rings. The third-order valence-electron chi connectivity index (χ3n) is 7.78. The molecule has 1 saturated carbocycles. The molecule has 0 bridgehead atoms. The summed E-state index contributed by atoms with van der Waals surface area (Å²) in [6, 6.07) is 4.10. The molecular weight excluding hydrogens is 503 g/mol. The Hall–Kier alpha value is -1.87. The Morgan fingerprint density at radius 1 is 1.08 bits per heavy atom. The summed E-state index contributed by atoms with van der Waals surface area (Å²) in [6.45, 7) is 5.15. The van der Waals surface area contributed by atoms with Crippen LogP contribution < -0.4 is 5.73 Å². The number of carbonyl (C=O) groups is 3. The number of nitrogens with zero attached hydrogens (tertiary/aromatic N) is 3. The Bertz CT molecular complexity index is 969. The van der Waals surface area contributed by atoms with E-state index in [0.29, 0.717) is 62.2 Å². The van der Waals surface area contributed by atoms with Gasteiger partial charge in [0, 0.05) is 55.2 Å². The van der Waals surface area contributed by atoms with Gasteiger partial charge in [0.05, 0.1) is 18.6 Å². The first-order valence-electron chi connectivity index (χ1n) is 13.0. The molecule has 2 amide bonds. The molecule has 1 aliphatic carbocycles. The fraction of sp³-hybridized carbons (Fsp3) is 0.654. The van der Waals surface area contributed by atoms with Crippen molar-refractivity contribution in [1.29, 1.82) is 0 Å². The van der Waals surface area contributed by atoms with E-state index in [1.54, 1.807) is 17.0 Å². The topological polar surface area (TPSA) is 96.2 Å². The van der Waals surface area contributed by atoms with E-state index < -0.39 is 12.1 Å². The van der Waals surface area contributed by atoms with E-state index in [9.17, 15) is 14.4 Å². The average Bonchev–Trinajstić information content (AvgIpc) is 3.21. The summed E-state index contributed by atoms with van der Waals surface area (Å²) >= 11 is 12.5. The van der Waals surface area contributed by atoms with Gasteiger partial charge in [-0.3, -0.25) is 19.3 Å². The summed E-state index contributed by atoms with van der Waals surface area (Å²) in [5, 5.41) is 0.995. The van der Waals surface area contributed by atoms with Gasteiger partial charge in [0.25, 0.3) is 0 Å². The SMILES string of the molecule is CCOC(=O)[C@H]1CCCC[C@H]1N1CCN(C(=O)[C@@H](Cc2ccc(Cl)cc2Cl)N2CCC(N)C2=O)CC1. The molecule has 2 heterocycles. The maximum atomic E-state index is 13.8. The second-order valence-corrected chi connectivity index (χ2v) is 10.8. The van der Waals surface area contributed by atoms with Crippen molar-refractivity contribution in [2.75, 3.05) is 39.3 Å². The van der Waals surface area contributed by atoms with Crippen molar-refractivity contribution < 1.29 is 19.1 Å². The highest BCUT2D eigenvalue weighted by molar-refractivity contribution is 6.35. The molecule has 36 heavy (non-hydrogen) atoms. The summed E-state index contributed by atoms with van der Waals surface area (Å²) in [5.74, 6) is -0.501. The number of ether oxygens (including phenoxy) is 1. The maximum absolute atomic E-state index is 13.8. The van der Waals surface area contributed by atoms with Crippen LogP contribution >= 0.6 is 23.2 Å². The number of piperazine rings is 1. The normalized spacial score (nSPS) is 26.2. The van der Waals surface area contributed by atoms with E-state index in [2.05, 4.69) is 4.90 Å². The van der Waals surface area contributed by atoms with Gasteiger partial charge >= 0.3 is 5.97 Å². The van der Waals surface area contributed by atoms with Crippen LogP contribution in [0.5, 0.6) is 0 Å². The lowest BCUT2D eigenvalue weighted by Crippen LogP contribution is -2.59. The maximum Gasteiger partial charge on any atom is 0.310 e. The van der Waals surface area contributed by atoms with Crippen LogP contribution in [0.3, 0.4) is 0 Å². The molecule has 1 aromatic carbocycles. The number of hydrogen-bond acceptors (Lipinski definition) is 6. The summed E-state index contributed by atoms with van der Waals surface area (Å²) in [5.41, 5.74) is 6.75. The number of hydrogen-bond donors (Lipinski definition) is 1. The standard InChI is InChI=1S/C26H36Cl2N4O4/c1-2-36-26(35)19-5-3-4-6-22(19)30-11-13-31(14-12-30)25(34)23(32-10-9-21(29)24(32)33)15-17-7-8-18(27)16-20(17)28/h7-8,16,19,21-23H,2-6,9-15,29H2,1H3/t19-,21?,22+,23+/m0/s1. The van der Waals surface area contributed by atoms with Crippen LogP contribution in [0.1, 0.15) is 44.6 Å². The van der Waals surface area contributed by atoms with Crippen LogP contribution in [0.2, 0.25) is 10.0 Å². The Morgan fingerprint density at radius 3 is 2.44 bits per heavy atom. The zero-order valence-electron chi connectivity index (χ0n) is 20.8. The molecule has 1 aromatic rings. The fourth-order valence-electron chi connectivity index (χ4n) is 5.82. The Morgan fingerprint density at radius 2 is 1.81 bits per heavy atom. The third-order valence-corrected chi connectivity index (χ3v) is 8.37. The molecule has 198 valence electrons. The van der Waals surface area contributed by atoms with Crippen molar-refractivity contribution in [3.05, 3.63) is 33.8 Å². The number of nitrogens with two attached hydrogens (primary N) is 1. The van der Waals surface area contributed by atoms with Crippen molar-refractivity contribution in [3.8, 4) is 0 Å². The average molecular weight is 540 g/mol. The highest BCUT2D eigenvalue weighted by Gasteiger charge is 2.41. The minimum Gasteiger partial charge on any atom is -0.466 e. The van der Waals surface area contributed by atoms with E-state index in [4.69, 9.17) is 33.7 Å². The van der Waals surface area contributed by atoms with Crippen molar-refractivity contribution in [2.24, 2.45) is 11.7 Å². The van der Waals surface area contributed by atoms with E-state index in [-0.39, 0.29) is 29.7 Å². The Labute approximate surface area is 223 Å². The van der Waals surface area contributed by atoms with E-state index >= 15 is 0 Å².